The van der Waals surface area contributed by atoms with Crippen LogP contribution in [0.15, 0.2) is 72.8 Å². The van der Waals surface area contributed by atoms with Gasteiger partial charge in [-0.3, -0.25) is 33.8 Å². The number of carboxylic acids is 1. The Kier molecular flexibility index (Phi) is 33.9. The normalized spacial score (nSPS) is 20.3. The van der Waals surface area contributed by atoms with Crippen LogP contribution in [0.5, 0.6) is 0 Å². The number of ether oxygens (including phenoxy) is 4. The van der Waals surface area contributed by atoms with Gasteiger partial charge in [0.1, 0.15) is 27.4 Å². The molecule has 3 aromatic rings. The summed E-state index contributed by atoms with van der Waals surface area (Å²) in [5, 5.41) is 48.4. The lowest BCUT2D eigenvalue weighted by Gasteiger charge is -2.43. The van der Waals surface area contributed by atoms with E-state index in [0.29, 0.717) is 58.3 Å². The molecule has 0 spiro atoms. The highest BCUT2D eigenvalue weighted by Crippen LogP contribution is 2.44. The number of carbonyl (C=O) groups is 8. The largest absolute Gasteiger partial charge is 0.481 e. The van der Waals surface area contributed by atoms with Crippen molar-refractivity contribution in [1.82, 2.24) is 15.1 Å². The van der Waals surface area contributed by atoms with Gasteiger partial charge >= 0.3 is 29.6 Å². The molecule has 0 bridgehead atoms. The van der Waals surface area contributed by atoms with Crippen LogP contribution in [0, 0.1) is 10.8 Å². The third kappa shape index (κ3) is 20.8. The van der Waals surface area contributed by atoms with Crippen molar-refractivity contribution in [3.05, 3.63) is 105 Å². The molecule has 3 saturated carbocycles. The molecule has 476 valence electrons. The molecule has 3 aliphatic carbocycles. The second-order valence-electron chi connectivity index (χ2n) is 20.6. The summed E-state index contributed by atoms with van der Waals surface area (Å²) in [6.45, 7) is 4.64. The smallest absolute Gasteiger partial charge is 0.413 e. The fourth-order valence-electron chi connectivity index (χ4n) is 9.34. The molecule has 6 N–H and O–H groups in total. The number of ketones is 3. The van der Waals surface area contributed by atoms with Gasteiger partial charge in [0.15, 0.2) is 28.5 Å². The zero-order valence-electron chi connectivity index (χ0n) is 48.7. The van der Waals surface area contributed by atoms with Crippen LogP contribution in [-0.4, -0.2) is 147 Å². The highest BCUT2D eigenvalue weighted by atomic mass is 35.5. The lowest BCUT2D eigenvalue weighted by Crippen LogP contribution is -2.55. The van der Waals surface area contributed by atoms with Gasteiger partial charge in [0.2, 0.25) is 6.29 Å². The second kappa shape index (κ2) is 36.7. The maximum atomic E-state index is 13.0. The first-order chi connectivity index (χ1) is 39.4. The number of hydrogen-bond acceptors (Lipinski definition) is 17. The van der Waals surface area contributed by atoms with Crippen LogP contribution >= 0.6 is 82.0 Å². The molecule has 0 heterocycles. The summed E-state index contributed by atoms with van der Waals surface area (Å²) >= 11 is 34.5. The third-order valence-electron chi connectivity index (χ3n) is 14.5. The Balaban J connectivity index is 0.000000577. The number of nitrogens with zero attached hydrogens (tertiary/aromatic N) is 2. The van der Waals surface area contributed by atoms with Crippen molar-refractivity contribution in [3.8, 4) is 0 Å². The van der Waals surface area contributed by atoms with Gasteiger partial charge in [0, 0.05) is 78.1 Å². The SMILES string of the molecule is CC(CO)(CO)C(=O)O.CC(Cl)OC(=O)Cl.CC(Cl)OC(=O)N(C)[C@]1(c2ccccc2Cl)CCCCC1=O.CC(OC(=O)N(C)[C@]1(c2ccccc2Cl)CCCCC1=O)OC(=O)C(C)(CO)CO.CN[C@]1(c2ccccc2Cl)CCCCC1=O.Cl. The minimum atomic E-state index is -1.52. The van der Waals surface area contributed by atoms with Gasteiger partial charge in [0.25, 0.3) is 0 Å². The molecule has 3 aromatic carbocycles. The van der Waals surface area contributed by atoms with E-state index in [2.05, 4.69) is 10.1 Å². The molecule has 0 aromatic heterocycles. The molecular weight excluding hydrogens is 1260 g/mol. The number of carboxylic acid groups (broad SMARTS) is 1. The van der Waals surface area contributed by atoms with Gasteiger partial charge in [-0.15, -0.1) is 12.4 Å². The van der Waals surface area contributed by atoms with Gasteiger partial charge in [-0.2, -0.15) is 0 Å². The van der Waals surface area contributed by atoms with Crippen molar-refractivity contribution in [3.63, 3.8) is 0 Å². The summed E-state index contributed by atoms with van der Waals surface area (Å²) in [5.74, 6) is -2.00. The molecule has 20 nitrogen and oxygen atoms in total. The van der Waals surface area contributed by atoms with Gasteiger partial charge in [0.05, 0.1) is 26.4 Å². The van der Waals surface area contributed by atoms with Crippen LogP contribution in [0.2, 0.25) is 15.1 Å². The van der Waals surface area contributed by atoms with E-state index in [0.717, 1.165) is 50.5 Å². The number of alkyl halides is 2. The van der Waals surface area contributed by atoms with Crippen molar-refractivity contribution < 1.29 is 82.8 Å². The zero-order chi connectivity index (χ0) is 63.8. The number of likely N-dealkylation sites (N-methyl/N-ethyl adjacent to an activating group) is 3. The molecule has 6 atom stereocenters. The second-order valence-corrected chi connectivity index (χ2v) is 23.3. The van der Waals surface area contributed by atoms with Crippen molar-refractivity contribution in [2.75, 3.05) is 47.6 Å². The molecule has 2 amide bonds. The number of halogens is 7. The van der Waals surface area contributed by atoms with E-state index in [1.165, 1.54) is 44.5 Å². The number of hydrogen-bond donors (Lipinski definition) is 6. The Morgan fingerprint density at radius 2 is 0.918 bits per heavy atom. The highest BCUT2D eigenvalue weighted by Gasteiger charge is 2.51. The minimum absolute atomic E-state index is 0. The Labute approximate surface area is 532 Å². The van der Waals surface area contributed by atoms with Gasteiger partial charge < -0.3 is 49.8 Å². The summed E-state index contributed by atoms with van der Waals surface area (Å²) in [6, 6.07) is 21.6. The molecular formula is C58H78Cl7N3O17. The Morgan fingerprint density at radius 3 is 1.21 bits per heavy atom. The van der Waals surface area contributed by atoms with Crippen molar-refractivity contribution >= 4 is 129 Å². The Morgan fingerprint density at radius 1 is 0.565 bits per heavy atom. The molecule has 0 radical (unpaired) electrons. The first-order valence-corrected chi connectivity index (χ1v) is 29.2. The Bertz CT molecular complexity index is 2700. The molecule has 0 saturated heterocycles. The van der Waals surface area contributed by atoms with Crippen molar-refractivity contribution in [1.29, 1.82) is 0 Å². The van der Waals surface area contributed by atoms with E-state index in [-0.39, 0.29) is 29.8 Å². The number of benzene rings is 3. The number of aliphatic carboxylic acids is 1. The standard InChI is InChI=1S/C21H28ClNO7.C16H19Cl2NO3.C13H16ClNO.C5H10O4.C3H4Cl2O2.ClH/c1-14(29-18(27)20(2,12-24)13-25)30-19(28)23(3)21(11-7-6-10-17(21)26)15-8-4-5-9-16(15)22;1-11(17)22-15(21)19(2)16(10-6-5-9-14(16)20)12-7-3-4-8-13(12)18;1-15-13(9-5-4-8-12(13)16)10-6-2-3-7-11(10)14;1-5(2-6,3-7)4(8)9;1-2(4)7-3(5)6;/h4-5,8-9,14,24-25H,6-7,10-13H2,1-3H3;3-4,7-8,11H,5-6,9-10H2,1-2H3;2-3,6-7,15H,4-5,8-9H2,1H3;6-7H,2-3H2,1H3,(H,8,9);2H,1H3;1H/t14?,21-;11?,16-;13-;;;/m000.../s1. The van der Waals surface area contributed by atoms with Gasteiger partial charge in [-0.1, -0.05) is 119 Å². The molecule has 6 rings (SSSR count). The van der Waals surface area contributed by atoms with E-state index in [9.17, 15) is 48.6 Å². The first kappa shape index (κ1) is 78.5. The summed E-state index contributed by atoms with van der Waals surface area (Å²) in [4.78, 5) is 97.7. The maximum absolute atomic E-state index is 13.0. The monoisotopic (exact) mass is 1330 g/mol. The van der Waals surface area contributed by atoms with Gasteiger partial charge in [-0.25, -0.2) is 14.4 Å². The third-order valence-corrected chi connectivity index (χ3v) is 15.8. The highest BCUT2D eigenvalue weighted by molar-refractivity contribution is 6.61. The van der Waals surface area contributed by atoms with Crippen LogP contribution in [0.1, 0.15) is 128 Å². The van der Waals surface area contributed by atoms with E-state index in [1.54, 1.807) is 56.4 Å². The maximum Gasteiger partial charge on any atom is 0.413 e. The average molecular weight is 1340 g/mol. The van der Waals surface area contributed by atoms with E-state index < -0.39 is 101 Å². The lowest BCUT2D eigenvalue weighted by molar-refractivity contribution is -0.183. The number of aliphatic hydroxyl groups is 4. The summed E-state index contributed by atoms with van der Waals surface area (Å²) in [6.07, 6.45) is 5.50. The van der Waals surface area contributed by atoms with Crippen LogP contribution < -0.4 is 5.32 Å². The molecule has 3 aliphatic rings. The lowest BCUT2D eigenvalue weighted by atomic mass is 9.74. The average Bonchev–Trinajstić information content (AvgIpc) is 2.07. The van der Waals surface area contributed by atoms with E-state index in [4.69, 9.17) is 99.1 Å². The van der Waals surface area contributed by atoms with E-state index >= 15 is 0 Å². The topological polar surface area (TPSA) is 293 Å². The summed E-state index contributed by atoms with van der Waals surface area (Å²) in [7, 11) is 4.86. The predicted molar refractivity (Wildman–Crippen MR) is 325 cm³/mol. The van der Waals surface area contributed by atoms with Crippen LogP contribution in [0.25, 0.3) is 0 Å². The van der Waals surface area contributed by atoms with Crippen LogP contribution in [-0.2, 0) is 59.5 Å². The van der Waals surface area contributed by atoms with Crippen LogP contribution in [0.3, 0.4) is 0 Å². The predicted octanol–water partition coefficient (Wildman–Crippen LogP) is 11.3. The molecule has 3 fully saturated rings. The molecule has 85 heavy (non-hydrogen) atoms. The number of carbonyl (C=O) groups excluding carboxylic acids is 7. The number of rotatable bonds is 16. The fraction of sp³-hybridized carbons (Fsp3) is 0.552. The molecule has 27 heteroatoms. The van der Waals surface area contributed by atoms with Crippen LogP contribution in [0.4, 0.5) is 14.4 Å². The van der Waals surface area contributed by atoms with Gasteiger partial charge in [-0.05, 0) is 110 Å². The summed E-state index contributed by atoms with van der Waals surface area (Å²) in [5.41, 5.74) is -6.02. The van der Waals surface area contributed by atoms with Crippen molar-refractivity contribution in [2.24, 2.45) is 10.8 Å². The molecule has 3 unspecified atom stereocenters. The fourth-order valence-corrected chi connectivity index (χ4v) is 10.6. The van der Waals surface area contributed by atoms with Crippen molar-refractivity contribution in [2.45, 2.75) is 146 Å². The minimum Gasteiger partial charge on any atom is -0.481 e. The Hall–Kier alpha value is -4.55. The quantitative estimate of drug-likeness (QED) is 0.0255. The molecule has 0 aliphatic heterocycles. The number of nitrogens with one attached hydrogen (secondary N) is 1. The number of aliphatic hydroxyl groups excluding tert-OH is 4. The number of Topliss-reactive ketones (excluding diaryl/α,β-unsaturated/α-hetero) is 3. The zero-order valence-corrected chi connectivity index (χ0v) is 54.0. The first-order valence-electron chi connectivity index (χ1n) is 26.9. The number of amides is 2. The van der Waals surface area contributed by atoms with E-state index in [1.807, 2.05) is 37.4 Å². The number of esters is 1. The summed E-state index contributed by atoms with van der Waals surface area (Å²) < 4.78 is 19.5.